The standard InChI is InChI=1S/C24H30N2O2/c1-16-5-7-17(8-6-16)22(18-9-10-18)26-21(27)15-25-23(28)19-11-13-20(14-12-19)24(2,3)4/h5-8,11-14,18,22H,9-10,15H2,1-4H3,(H,25,28)(H,26,27). The third-order valence-electron chi connectivity index (χ3n) is 5.27. The Balaban J connectivity index is 1.55. The van der Waals surface area contributed by atoms with Gasteiger partial charge in [0, 0.05) is 5.56 Å². The number of carbonyl (C=O) groups excluding carboxylic acids is 2. The molecule has 28 heavy (non-hydrogen) atoms. The van der Waals surface area contributed by atoms with Crippen LogP contribution in [0.25, 0.3) is 0 Å². The molecule has 0 radical (unpaired) electrons. The summed E-state index contributed by atoms with van der Waals surface area (Å²) in [5.41, 5.74) is 4.12. The van der Waals surface area contributed by atoms with E-state index in [2.05, 4.69) is 62.6 Å². The Hall–Kier alpha value is -2.62. The normalized spacial score (nSPS) is 15.0. The number of benzene rings is 2. The van der Waals surface area contributed by atoms with Gasteiger partial charge in [-0.3, -0.25) is 9.59 Å². The van der Waals surface area contributed by atoms with Crippen molar-refractivity contribution in [3.05, 3.63) is 70.8 Å². The summed E-state index contributed by atoms with van der Waals surface area (Å²) in [5, 5.41) is 5.83. The number of amides is 2. The first-order chi connectivity index (χ1) is 13.2. The maximum absolute atomic E-state index is 12.4. The average Bonchev–Trinajstić information content (AvgIpc) is 3.49. The predicted molar refractivity (Wildman–Crippen MR) is 112 cm³/mol. The van der Waals surface area contributed by atoms with Crippen LogP contribution in [0.15, 0.2) is 48.5 Å². The summed E-state index contributed by atoms with van der Waals surface area (Å²) in [6.07, 6.45) is 2.26. The number of hydrogen-bond acceptors (Lipinski definition) is 2. The van der Waals surface area contributed by atoms with Crippen molar-refractivity contribution in [1.82, 2.24) is 10.6 Å². The first kappa shape index (κ1) is 20.1. The van der Waals surface area contributed by atoms with Crippen molar-refractivity contribution in [2.75, 3.05) is 6.54 Å². The molecule has 2 N–H and O–H groups in total. The molecule has 1 aliphatic carbocycles. The van der Waals surface area contributed by atoms with E-state index in [1.54, 1.807) is 0 Å². The van der Waals surface area contributed by atoms with Crippen LogP contribution in [0.2, 0.25) is 0 Å². The van der Waals surface area contributed by atoms with Crippen molar-refractivity contribution in [1.29, 1.82) is 0 Å². The molecule has 148 valence electrons. The lowest BCUT2D eigenvalue weighted by molar-refractivity contribution is -0.121. The summed E-state index contributed by atoms with van der Waals surface area (Å²) >= 11 is 0. The van der Waals surface area contributed by atoms with Crippen molar-refractivity contribution in [2.45, 2.75) is 52.0 Å². The lowest BCUT2D eigenvalue weighted by atomic mass is 9.87. The minimum atomic E-state index is -0.228. The van der Waals surface area contributed by atoms with Crippen LogP contribution in [0, 0.1) is 12.8 Å². The number of nitrogens with one attached hydrogen (secondary N) is 2. The van der Waals surface area contributed by atoms with Gasteiger partial charge in [0.2, 0.25) is 5.91 Å². The minimum absolute atomic E-state index is 0.0189. The zero-order valence-corrected chi connectivity index (χ0v) is 17.2. The topological polar surface area (TPSA) is 58.2 Å². The maximum atomic E-state index is 12.4. The number of hydrogen-bond donors (Lipinski definition) is 2. The van der Waals surface area contributed by atoms with Crippen LogP contribution in [0.5, 0.6) is 0 Å². The van der Waals surface area contributed by atoms with Crippen molar-refractivity contribution in [3.63, 3.8) is 0 Å². The predicted octanol–water partition coefficient (Wildman–Crippen LogP) is 4.29. The summed E-state index contributed by atoms with van der Waals surface area (Å²) in [6.45, 7) is 8.44. The first-order valence-corrected chi connectivity index (χ1v) is 9.99. The highest BCUT2D eigenvalue weighted by molar-refractivity contribution is 5.96. The van der Waals surface area contributed by atoms with E-state index in [4.69, 9.17) is 0 Å². The van der Waals surface area contributed by atoms with E-state index >= 15 is 0 Å². The molecule has 1 unspecified atom stereocenters. The van der Waals surface area contributed by atoms with Gasteiger partial charge in [-0.05, 0) is 54.4 Å². The highest BCUT2D eigenvalue weighted by Gasteiger charge is 2.33. The van der Waals surface area contributed by atoms with E-state index in [0.717, 1.165) is 18.4 Å². The summed E-state index contributed by atoms with van der Waals surface area (Å²) in [6, 6.07) is 15.9. The molecule has 4 heteroatoms. The molecule has 1 atom stereocenters. The van der Waals surface area contributed by atoms with Gasteiger partial charge in [-0.2, -0.15) is 0 Å². The second kappa shape index (κ2) is 8.17. The SMILES string of the molecule is Cc1ccc(C(NC(=O)CNC(=O)c2ccc(C(C)(C)C)cc2)C2CC2)cc1. The van der Waals surface area contributed by atoms with E-state index in [-0.39, 0.29) is 29.8 Å². The Morgan fingerprint density at radius 2 is 1.61 bits per heavy atom. The zero-order valence-electron chi connectivity index (χ0n) is 17.2. The fourth-order valence-corrected chi connectivity index (χ4v) is 3.29. The summed E-state index contributed by atoms with van der Waals surface area (Å²) in [5.74, 6) is 0.110. The monoisotopic (exact) mass is 378 g/mol. The number of rotatable bonds is 6. The van der Waals surface area contributed by atoms with Crippen molar-refractivity contribution < 1.29 is 9.59 Å². The summed E-state index contributed by atoms with van der Waals surface area (Å²) in [4.78, 5) is 24.8. The molecule has 0 heterocycles. The van der Waals surface area contributed by atoms with Crippen molar-refractivity contribution in [2.24, 2.45) is 5.92 Å². The van der Waals surface area contributed by atoms with Gasteiger partial charge in [-0.15, -0.1) is 0 Å². The van der Waals surface area contributed by atoms with Gasteiger partial charge in [0.15, 0.2) is 0 Å². The third-order valence-corrected chi connectivity index (χ3v) is 5.27. The molecular weight excluding hydrogens is 348 g/mol. The first-order valence-electron chi connectivity index (χ1n) is 9.99. The molecule has 1 aliphatic rings. The van der Waals surface area contributed by atoms with Crippen molar-refractivity contribution >= 4 is 11.8 Å². The van der Waals surface area contributed by atoms with Gasteiger partial charge in [-0.25, -0.2) is 0 Å². The lowest BCUT2D eigenvalue weighted by Crippen LogP contribution is -2.39. The Bertz CT molecular complexity index is 828. The summed E-state index contributed by atoms with van der Waals surface area (Å²) in [7, 11) is 0. The van der Waals surface area contributed by atoms with E-state index in [1.165, 1.54) is 11.1 Å². The van der Waals surface area contributed by atoms with Crippen LogP contribution in [-0.2, 0) is 10.2 Å². The lowest BCUT2D eigenvalue weighted by Gasteiger charge is -2.20. The largest absolute Gasteiger partial charge is 0.347 e. The van der Waals surface area contributed by atoms with Crippen LogP contribution in [-0.4, -0.2) is 18.4 Å². The van der Waals surface area contributed by atoms with Gasteiger partial charge in [-0.1, -0.05) is 62.7 Å². The van der Waals surface area contributed by atoms with Crippen LogP contribution >= 0.6 is 0 Å². The highest BCUT2D eigenvalue weighted by atomic mass is 16.2. The Labute approximate surface area is 167 Å². The molecule has 0 saturated heterocycles. The molecule has 2 aromatic carbocycles. The molecule has 3 rings (SSSR count). The van der Waals surface area contributed by atoms with E-state index in [9.17, 15) is 9.59 Å². The minimum Gasteiger partial charge on any atom is -0.347 e. The van der Waals surface area contributed by atoms with Crippen LogP contribution < -0.4 is 10.6 Å². The molecule has 4 nitrogen and oxygen atoms in total. The molecular formula is C24H30N2O2. The Morgan fingerprint density at radius 3 is 2.14 bits per heavy atom. The molecule has 1 fully saturated rings. The molecule has 0 spiro atoms. The second-order valence-corrected chi connectivity index (χ2v) is 8.80. The van der Waals surface area contributed by atoms with Crippen LogP contribution in [0.3, 0.4) is 0 Å². The van der Waals surface area contributed by atoms with E-state index < -0.39 is 0 Å². The molecule has 0 aromatic heterocycles. The Kier molecular flexibility index (Phi) is 5.87. The molecule has 0 aliphatic heterocycles. The van der Waals surface area contributed by atoms with Gasteiger partial charge < -0.3 is 10.6 Å². The fourth-order valence-electron chi connectivity index (χ4n) is 3.29. The third kappa shape index (κ3) is 5.22. The number of carbonyl (C=O) groups is 2. The number of aryl methyl sites for hydroxylation is 1. The molecule has 0 bridgehead atoms. The average molecular weight is 379 g/mol. The second-order valence-electron chi connectivity index (χ2n) is 8.80. The fraction of sp³-hybridized carbons (Fsp3) is 0.417. The molecule has 2 amide bonds. The summed E-state index contributed by atoms with van der Waals surface area (Å²) < 4.78 is 0. The van der Waals surface area contributed by atoms with Gasteiger partial charge in [0.25, 0.3) is 5.91 Å². The van der Waals surface area contributed by atoms with Gasteiger partial charge in [0.1, 0.15) is 0 Å². The molecule has 2 aromatic rings. The molecule has 1 saturated carbocycles. The Morgan fingerprint density at radius 1 is 1.00 bits per heavy atom. The van der Waals surface area contributed by atoms with Gasteiger partial charge >= 0.3 is 0 Å². The smallest absolute Gasteiger partial charge is 0.251 e. The van der Waals surface area contributed by atoms with Crippen LogP contribution in [0.4, 0.5) is 0 Å². The van der Waals surface area contributed by atoms with E-state index in [0.29, 0.717) is 11.5 Å². The maximum Gasteiger partial charge on any atom is 0.251 e. The zero-order chi connectivity index (χ0) is 20.3. The highest BCUT2D eigenvalue weighted by Crippen LogP contribution is 2.41. The van der Waals surface area contributed by atoms with E-state index in [1.807, 2.05) is 24.3 Å². The van der Waals surface area contributed by atoms with Crippen LogP contribution in [0.1, 0.15) is 66.7 Å². The van der Waals surface area contributed by atoms with Gasteiger partial charge in [0.05, 0.1) is 12.6 Å². The van der Waals surface area contributed by atoms with Crippen molar-refractivity contribution in [3.8, 4) is 0 Å². The quantitative estimate of drug-likeness (QED) is 0.788.